The first-order valence-electron chi connectivity index (χ1n) is 18.5. The fraction of sp³-hybridized carbons (Fsp3) is 0. The van der Waals surface area contributed by atoms with Crippen LogP contribution in [0.2, 0.25) is 0 Å². The molecule has 9 aromatic carbocycles. The lowest BCUT2D eigenvalue weighted by molar-refractivity contribution is 1.18. The monoisotopic (exact) mass is 698 g/mol. The number of nitrogens with zero attached hydrogens (tertiary/aromatic N) is 4. The molecule has 2 aromatic heterocycles. The van der Waals surface area contributed by atoms with Gasteiger partial charge in [0.1, 0.15) is 0 Å². The van der Waals surface area contributed by atoms with E-state index >= 15 is 0 Å². The van der Waals surface area contributed by atoms with Crippen LogP contribution in [0.5, 0.6) is 0 Å². The summed E-state index contributed by atoms with van der Waals surface area (Å²) in [5.41, 5.74) is 11.1. The van der Waals surface area contributed by atoms with E-state index in [4.69, 9.17) is 9.97 Å². The van der Waals surface area contributed by atoms with Crippen LogP contribution in [0.4, 0.5) is 0 Å². The SMILES string of the molecule is N#Cc1ccc2c3ccc(-c4cc5ccc6cc(-c7nc(-c8ccccc8)cc(-c8ccccc8)n7)cc7ccc(c4)c5c67)cc3n(-c3ccccc3)c2c1. The predicted octanol–water partition coefficient (Wildman–Crippen LogP) is 13.0. The van der Waals surface area contributed by atoms with Crippen molar-refractivity contribution in [2.75, 3.05) is 0 Å². The summed E-state index contributed by atoms with van der Waals surface area (Å²) in [4.78, 5) is 10.2. The van der Waals surface area contributed by atoms with Gasteiger partial charge in [-0.1, -0.05) is 121 Å². The van der Waals surface area contributed by atoms with E-state index in [-0.39, 0.29) is 0 Å². The molecule has 254 valence electrons. The van der Waals surface area contributed by atoms with Crippen LogP contribution in [0.1, 0.15) is 5.56 Å². The van der Waals surface area contributed by atoms with Crippen molar-refractivity contribution in [3.63, 3.8) is 0 Å². The van der Waals surface area contributed by atoms with E-state index in [1.54, 1.807) is 0 Å². The summed E-state index contributed by atoms with van der Waals surface area (Å²) in [6.45, 7) is 0. The van der Waals surface area contributed by atoms with Gasteiger partial charge in [0.05, 0.1) is 34.1 Å². The Hall–Kier alpha value is -7.61. The molecule has 55 heavy (non-hydrogen) atoms. The van der Waals surface area contributed by atoms with Crippen molar-refractivity contribution in [3.8, 4) is 56.8 Å². The molecule has 0 aliphatic heterocycles. The van der Waals surface area contributed by atoms with Crippen molar-refractivity contribution < 1.29 is 0 Å². The highest BCUT2D eigenvalue weighted by atomic mass is 15.0. The molecule has 0 atom stereocenters. The minimum Gasteiger partial charge on any atom is -0.309 e. The van der Waals surface area contributed by atoms with Crippen molar-refractivity contribution in [1.82, 2.24) is 14.5 Å². The number of rotatable bonds is 5. The number of aromatic nitrogens is 3. The molecule has 0 unspecified atom stereocenters. The second-order valence-corrected chi connectivity index (χ2v) is 14.2. The molecule has 0 spiro atoms. The van der Waals surface area contributed by atoms with Gasteiger partial charge in [0.15, 0.2) is 5.82 Å². The summed E-state index contributed by atoms with van der Waals surface area (Å²) in [6, 6.07) is 66.3. The normalized spacial score (nSPS) is 11.6. The Balaban J connectivity index is 1.06. The van der Waals surface area contributed by atoms with Gasteiger partial charge in [-0.25, -0.2) is 9.97 Å². The first-order valence-corrected chi connectivity index (χ1v) is 18.5. The zero-order chi connectivity index (χ0) is 36.5. The number of nitriles is 1. The molecule has 0 fully saturated rings. The Morgan fingerprint density at radius 1 is 0.400 bits per heavy atom. The van der Waals surface area contributed by atoms with Gasteiger partial charge in [0.25, 0.3) is 0 Å². The van der Waals surface area contributed by atoms with Gasteiger partial charge >= 0.3 is 0 Å². The zero-order valence-electron chi connectivity index (χ0n) is 29.6. The molecule has 11 rings (SSSR count). The molecule has 2 heterocycles. The molecule has 0 aliphatic rings. The lowest BCUT2D eigenvalue weighted by atomic mass is 9.90. The van der Waals surface area contributed by atoms with Crippen molar-refractivity contribution in [1.29, 1.82) is 5.26 Å². The molecule has 0 saturated heterocycles. The van der Waals surface area contributed by atoms with Gasteiger partial charge in [-0.05, 0) is 104 Å². The number of para-hydroxylation sites is 1. The highest BCUT2D eigenvalue weighted by molar-refractivity contribution is 6.24. The summed E-state index contributed by atoms with van der Waals surface area (Å²) in [5, 5.41) is 19.3. The maximum Gasteiger partial charge on any atom is 0.160 e. The second kappa shape index (κ2) is 12.2. The van der Waals surface area contributed by atoms with E-state index in [0.29, 0.717) is 11.4 Å². The number of benzene rings is 9. The van der Waals surface area contributed by atoms with Crippen molar-refractivity contribution in [2.24, 2.45) is 0 Å². The molecule has 4 nitrogen and oxygen atoms in total. The third-order valence-electron chi connectivity index (χ3n) is 10.9. The third-order valence-corrected chi connectivity index (χ3v) is 10.9. The molecule has 0 aliphatic carbocycles. The number of hydrogen-bond donors (Lipinski definition) is 0. The van der Waals surface area contributed by atoms with E-state index in [9.17, 15) is 5.26 Å². The van der Waals surface area contributed by atoms with E-state index < -0.39 is 0 Å². The van der Waals surface area contributed by atoms with Crippen LogP contribution in [0.3, 0.4) is 0 Å². The third kappa shape index (κ3) is 5.06. The van der Waals surface area contributed by atoms with Crippen molar-refractivity contribution >= 4 is 54.1 Å². The van der Waals surface area contributed by atoms with Gasteiger partial charge in [-0.3, -0.25) is 0 Å². The average molecular weight is 699 g/mol. The van der Waals surface area contributed by atoms with Crippen molar-refractivity contribution in [3.05, 3.63) is 188 Å². The maximum atomic E-state index is 9.73. The minimum atomic E-state index is 0.650. The van der Waals surface area contributed by atoms with E-state index in [0.717, 1.165) is 66.7 Å². The highest BCUT2D eigenvalue weighted by Crippen LogP contribution is 2.41. The molecule has 0 N–H and O–H groups in total. The first-order chi connectivity index (χ1) is 27.2. The Kier molecular flexibility index (Phi) is 6.89. The smallest absolute Gasteiger partial charge is 0.160 e. The van der Waals surface area contributed by atoms with Crippen LogP contribution in [-0.4, -0.2) is 14.5 Å². The van der Waals surface area contributed by atoms with E-state index in [1.165, 1.54) is 32.3 Å². The summed E-state index contributed by atoms with van der Waals surface area (Å²) >= 11 is 0. The summed E-state index contributed by atoms with van der Waals surface area (Å²) in [6.07, 6.45) is 0. The Morgan fingerprint density at radius 3 is 1.44 bits per heavy atom. The average Bonchev–Trinajstić information content (AvgIpc) is 3.58. The Bertz CT molecular complexity index is 3180. The summed E-state index contributed by atoms with van der Waals surface area (Å²) in [7, 11) is 0. The molecule has 11 aromatic rings. The fourth-order valence-corrected chi connectivity index (χ4v) is 8.35. The maximum absolute atomic E-state index is 9.73. The zero-order valence-corrected chi connectivity index (χ0v) is 29.6. The number of hydrogen-bond acceptors (Lipinski definition) is 3. The Morgan fingerprint density at radius 2 is 0.891 bits per heavy atom. The first kappa shape index (κ1) is 31.0. The fourth-order valence-electron chi connectivity index (χ4n) is 8.35. The molecular formula is C51H30N4. The molecule has 0 bridgehead atoms. The predicted molar refractivity (Wildman–Crippen MR) is 227 cm³/mol. The lowest BCUT2D eigenvalue weighted by Crippen LogP contribution is -1.96. The Labute approximate surface area is 317 Å². The van der Waals surface area contributed by atoms with Gasteiger partial charge in [-0.15, -0.1) is 0 Å². The van der Waals surface area contributed by atoms with Crippen LogP contribution in [0, 0.1) is 11.3 Å². The van der Waals surface area contributed by atoms with E-state index in [2.05, 4.69) is 138 Å². The lowest BCUT2D eigenvalue weighted by Gasteiger charge is -2.15. The highest BCUT2D eigenvalue weighted by Gasteiger charge is 2.17. The van der Waals surface area contributed by atoms with Crippen molar-refractivity contribution in [2.45, 2.75) is 0 Å². The molecule has 0 radical (unpaired) electrons. The summed E-state index contributed by atoms with van der Waals surface area (Å²) < 4.78 is 2.28. The van der Waals surface area contributed by atoms with Gasteiger partial charge in [0.2, 0.25) is 0 Å². The molecule has 0 saturated carbocycles. The molecule has 0 amide bonds. The minimum absolute atomic E-state index is 0.650. The topological polar surface area (TPSA) is 54.5 Å². The van der Waals surface area contributed by atoms with Crippen LogP contribution in [0.15, 0.2) is 182 Å². The number of fused-ring (bicyclic) bond motifs is 3. The van der Waals surface area contributed by atoms with Crippen LogP contribution in [0.25, 0.3) is 105 Å². The summed E-state index contributed by atoms with van der Waals surface area (Å²) in [5.74, 6) is 0.708. The molecular weight excluding hydrogens is 669 g/mol. The largest absolute Gasteiger partial charge is 0.309 e. The van der Waals surface area contributed by atoms with Crippen LogP contribution < -0.4 is 0 Å². The van der Waals surface area contributed by atoms with Crippen LogP contribution in [-0.2, 0) is 0 Å². The van der Waals surface area contributed by atoms with Crippen LogP contribution >= 0.6 is 0 Å². The van der Waals surface area contributed by atoms with Gasteiger partial charge in [-0.2, -0.15) is 5.26 Å². The van der Waals surface area contributed by atoms with Gasteiger partial charge < -0.3 is 4.57 Å². The van der Waals surface area contributed by atoms with E-state index in [1.807, 2.05) is 54.6 Å². The molecule has 4 heteroatoms. The van der Waals surface area contributed by atoms with Gasteiger partial charge in [0, 0.05) is 33.2 Å². The quantitative estimate of drug-likeness (QED) is 0.168. The standard InChI is InChI=1S/C51H30N4/c52-31-32-16-22-43-44-23-21-35(29-48(44)55(47(43)24-32)42-14-8-3-9-15-42)40-25-36-17-19-38-27-41(28-39-20-18-37(26-40)49(36)50(38)39)51-53-45(33-10-4-1-5-11-33)30-46(54-51)34-12-6-2-7-13-34/h1-30H. The second-order valence-electron chi connectivity index (χ2n) is 14.2.